The van der Waals surface area contributed by atoms with E-state index in [1.54, 1.807) is 0 Å². The Morgan fingerprint density at radius 1 is 1.00 bits per heavy atom. The van der Waals surface area contributed by atoms with E-state index < -0.39 is 0 Å². The van der Waals surface area contributed by atoms with Gasteiger partial charge in [-0.2, -0.15) is 0 Å². The normalized spacial score (nSPS) is 25.5. The van der Waals surface area contributed by atoms with Gasteiger partial charge in [-0.15, -0.1) is 0 Å². The van der Waals surface area contributed by atoms with Crippen LogP contribution in [0.15, 0.2) is 0 Å². The van der Waals surface area contributed by atoms with Crippen molar-refractivity contribution in [2.45, 2.75) is 6.92 Å². The van der Waals surface area contributed by atoms with Gasteiger partial charge in [-0.3, -0.25) is 14.7 Å². The molecule has 1 fully saturated rings. The summed E-state index contributed by atoms with van der Waals surface area (Å²) < 4.78 is 0. The molecule has 0 radical (unpaired) electrons. The quantitative estimate of drug-likeness (QED) is 0.514. The molecular formula is C7H17N3. The lowest BCUT2D eigenvalue weighted by atomic mass is 10.5. The van der Waals surface area contributed by atoms with Crippen LogP contribution in [-0.4, -0.2) is 55.3 Å². The van der Waals surface area contributed by atoms with Crippen LogP contribution in [0.1, 0.15) is 6.92 Å². The van der Waals surface area contributed by atoms with E-state index in [2.05, 4.69) is 35.7 Å². The Morgan fingerprint density at radius 3 is 1.90 bits per heavy atom. The monoisotopic (exact) mass is 143 g/mol. The van der Waals surface area contributed by atoms with Gasteiger partial charge in [0.1, 0.15) is 0 Å². The van der Waals surface area contributed by atoms with Crippen molar-refractivity contribution in [1.29, 1.82) is 0 Å². The van der Waals surface area contributed by atoms with Crippen LogP contribution in [0.25, 0.3) is 0 Å². The molecule has 1 aliphatic heterocycles. The molecule has 60 valence electrons. The lowest BCUT2D eigenvalue weighted by Gasteiger charge is -2.38. The van der Waals surface area contributed by atoms with E-state index >= 15 is 0 Å². The van der Waals surface area contributed by atoms with Crippen LogP contribution in [0.3, 0.4) is 0 Å². The zero-order chi connectivity index (χ0) is 7.56. The maximum Gasteiger partial charge on any atom is 0.0526 e. The molecule has 1 heterocycles. The fraction of sp³-hybridized carbons (Fsp3) is 1.00. The molecule has 0 spiro atoms. The highest BCUT2D eigenvalue weighted by Gasteiger charge is 2.15. The van der Waals surface area contributed by atoms with Gasteiger partial charge in [0, 0.05) is 0 Å². The Hall–Kier alpha value is -0.120. The minimum absolute atomic E-state index is 1.09. The van der Waals surface area contributed by atoms with Gasteiger partial charge in [-0.1, -0.05) is 6.92 Å². The summed E-state index contributed by atoms with van der Waals surface area (Å²) in [7, 11) is 4.30. The molecular weight excluding hydrogens is 126 g/mol. The minimum atomic E-state index is 1.09. The third kappa shape index (κ3) is 1.94. The van der Waals surface area contributed by atoms with Crippen molar-refractivity contribution in [2.75, 3.05) is 40.6 Å². The first-order valence-corrected chi connectivity index (χ1v) is 3.82. The van der Waals surface area contributed by atoms with Gasteiger partial charge in [-0.25, -0.2) is 0 Å². The Balaban J connectivity index is 2.35. The van der Waals surface area contributed by atoms with Gasteiger partial charge in [0.2, 0.25) is 0 Å². The summed E-state index contributed by atoms with van der Waals surface area (Å²) in [5.74, 6) is 0. The summed E-state index contributed by atoms with van der Waals surface area (Å²) in [6.45, 7) is 6.67. The topological polar surface area (TPSA) is 9.72 Å². The zero-order valence-electron chi connectivity index (χ0n) is 7.17. The smallest absolute Gasteiger partial charge is 0.0526 e. The van der Waals surface area contributed by atoms with Crippen molar-refractivity contribution in [1.82, 2.24) is 14.7 Å². The fourth-order valence-corrected chi connectivity index (χ4v) is 1.43. The molecule has 10 heavy (non-hydrogen) atoms. The maximum atomic E-state index is 2.41. The summed E-state index contributed by atoms with van der Waals surface area (Å²) in [5.41, 5.74) is 0. The van der Waals surface area contributed by atoms with Gasteiger partial charge < -0.3 is 0 Å². The zero-order valence-corrected chi connectivity index (χ0v) is 7.17. The average Bonchev–Trinajstić information content (AvgIpc) is 1.85. The Labute approximate surface area is 63.2 Å². The lowest BCUT2D eigenvalue weighted by Crippen LogP contribution is -2.51. The Bertz CT molecular complexity index is 95.0. The average molecular weight is 143 g/mol. The highest BCUT2D eigenvalue weighted by atomic mass is 15.5. The molecule has 3 heteroatoms. The van der Waals surface area contributed by atoms with Crippen molar-refractivity contribution >= 4 is 0 Å². The van der Waals surface area contributed by atoms with Gasteiger partial charge in [-0.05, 0) is 20.6 Å². The van der Waals surface area contributed by atoms with Crippen LogP contribution in [0, 0.1) is 0 Å². The largest absolute Gasteiger partial charge is 0.280 e. The molecule has 0 aromatic rings. The second kappa shape index (κ2) is 3.32. The van der Waals surface area contributed by atoms with Crippen LogP contribution >= 0.6 is 0 Å². The van der Waals surface area contributed by atoms with E-state index in [0.29, 0.717) is 0 Å². The second-order valence-electron chi connectivity index (χ2n) is 3.12. The summed E-state index contributed by atoms with van der Waals surface area (Å²) in [6.07, 6.45) is 0. The van der Waals surface area contributed by atoms with Gasteiger partial charge in [0.15, 0.2) is 0 Å². The molecule has 1 rings (SSSR count). The predicted octanol–water partition coefficient (Wildman–Crippen LogP) is 0.0580. The highest BCUT2D eigenvalue weighted by molar-refractivity contribution is 4.61. The van der Waals surface area contributed by atoms with Crippen molar-refractivity contribution < 1.29 is 0 Å². The van der Waals surface area contributed by atoms with Gasteiger partial charge in [0.25, 0.3) is 0 Å². The SMILES string of the molecule is CCN1CN(C)CN(C)C1. The Morgan fingerprint density at radius 2 is 1.50 bits per heavy atom. The third-order valence-corrected chi connectivity index (χ3v) is 1.81. The van der Waals surface area contributed by atoms with Crippen molar-refractivity contribution in [3.05, 3.63) is 0 Å². The van der Waals surface area contributed by atoms with E-state index in [9.17, 15) is 0 Å². The summed E-state index contributed by atoms with van der Waals surface area (Å²) >= 11 is 0. The van der Waals surface area contributed by atoms with Crippen LogP contribution in [-0.2, 0) is 0 Å². The minimum Gasteiger partial charge on any atom is -0.280 e. The maximum absolute atomic E-state index is 2.41. The van der Waals surface area contributed by atoms with E-state index in [0.717, 1.165) is 26.6 Å². The summed E-state index contributed by atoms with van der Waals surface area (Å²) in [5, 5.41) is 0. The summed E-state index contributed by atoms with van der Waals surface area (Å²) in [6, 6.07) is 0. The molecule has 0 aliphatic carbocycles. The molecule has 1 aliphatic rings. The highest BCUT2D eigenvalue weighted by Crippen LogP contribution is 2.01. The molecule has 0 unspecified atom stereocenters. The first-order valence-electron chi connectivity index (χ1n) is 3.82. The molecule has 0 aromatic heterocycles. The lowest BCUT2D eigenvalue weighted by molar-refractivity contribution is 0.00208. The van der Waals surface area contributed by atoms with E-state index in [4.69, 9.17) is 0 Å². The Kier molecular flexibility index (Phi) is 2.65. The predicted molar refractivity (Wildman–Crippen MR) is 42.5 cm³/mol. The van der Waals surface area contributed by atoms with Crippen molar-refractivity contribution in [3.8, 4) is 0 Å². The molecule has 0 amide bonds. The van der Waals surface area contributed by atoms with Crippen molar-refractivity contribution in [2.24, 2.45) is 0 Å². The molecule has 3 nitrogen and oxygen atoms in total. The second-order valence-corrected chi connectivity index (χ2v) is 3.12. The van der Waals surface area contributed by atoms with Gasteiger partial charge >= 0.3 is 0 Å². The van der Waals surface area contributed by atoms with E-state index in [-0.39, 0.29) is 0 Å². The van der Waals surface area contributed by atoms with E-state index in [1.807, 2.05) is 0 Å². The van der Waals surface area contributed by atoms with Crippen LogP contribution in [0.4, 0.5) is 0 Å². The number of nitrogens with zero attached hydrogens (tertiary/aromatic N) is 3. The van der Waals surface area contributed by atoms with Crippen molar-refractivity contribution in [3.63, 3.8) is 0 Å². The molecule has 0 bridgehead atoms. The first-order chi connectivity index (χ1) is 4.72. The van der Waals surface area contributed by atoms with Crippen LogP contribution in [0.5, 0.6) is 0 Å². The fourth-order valence-electron chi connectivity index (χ4n) is 1.43. The van der Waals surface area contributed by atoms with Crippen LogP contribution < -0.4 is 0 Å². The molecule has 0 aromatic carbocycles. The summed E-state index contributed by atoms with van der Waals surface area (Å²) in [4.78, 5) is 7.03. The number of hydrogen-bond acceptors (Lipinski definition) is 3. The third-order valence-electron chi connectivity index (χ3n) is 1.81. The molecule has 0 saturated carbocycles. The standard InChI is InChI=1S/C7H17N3/c1-4-10-6-8(2)5-9(3)7-10/h4-7H2,1-3H3. The molecule has 0 N–H and O–H groups in total. The van der Waals surface area contributed by atoms with E-state index in [1.165, 1.54) is 0 Å². The number of hydrogen-bond donors (Lipinski definition) is 0. The molecule has 1 saturated heterocycles. The molecule has 0 atom stereocenters. The first kappa shape index (κ1) is 7.98. The number of rotatable bonds is 1. The van der Waals surface area contributed by atoms with Gasteiger partial charge in [0.05, 0.1) is 20.0 Å². The van der Waals surface area contributed by atoms with Crippen LogP contribution in [0.2, 0.25) is 0 Å².